The molecule has 0 spiro atoms. The Hall–Kier alpha value is -3.37. The van der Waals surface area contributed by atoms with Crippen molar-refractivity contribution in [2.45, 2.75) is 26.0 Å². The Balaban J connectivity index is 1.98. The normalized spacial score (nSPS) is 12.2. The molecule has 0 aliphatic carbocycles. The van der Waals surface area contributed by atoms with Gasteiger partial charge < -0.3 is 15.0 Å². The van der Waals surface area contributed by atoms with Gasteiger partial charge >= 0.3 is 0 Å². The topological polar surface area (TPSA) is 37.2 Å². The van der Waals surface area contributed by atoms with E-state index in [1.807, 2.05) is 67.7 Å². The monoisotopic (exact) mass is 414 g/mol. The van der Waals surface area contributed by atoms with Gasteiger partial charge in [-0.05, 0) is 53.4 Å². The number of nitrogens with zero attached hydrogens (tertiary/aromatic N) is 1. The van der Waals surface area contributed by atoms with Crippen molar-refractivity contribution in [1.82, 2.24) is 4.57 Å². The van der Waals surface area contributed by atoms with Crippen LogP contribution in [0.2, 0.25) is 0 Å². The Morgan fingerprint density at radius 1 is 0.806 bits per heavy atom. The molecule has 4 aromatic rings. The van der Waals surface area contributed by atoms with Gasteiger partial charge in [-0.3, -0.25) is 0 Å². The lowest BCUT2D eigenvalue weighted by atomic mass is 9.94. The van der Waals surface area contributed by atoms with Crippen molar-refractivity contribution < 1.29 is 9.50 Å². The van der Waals surface area contributed by atoms with Crippen molar-refractivity contribution in [3.05, 3.63) is 102 Å². The number of halogens is 1. The van der Waals surface area contributed by atoms with Gasteiger partial charge in [0.15, 0.2) is 6.23 Å². The van der Waals surface area contributed by atoms with E-state index in [4.69, 9.17) is 0 Å². The van der Waals surface area contributed by atoms with E-state index < -0.39 is 6.23 Å². The smallest absolute Gasteiger partial charge is 0.153 e. The van der Waals surface area contributed by atoms with Crippen LogP contribution in [-0.4, -0.2) is 9.67 Å². The van der Waals surface area contributed by atoms with E-state index in [-0.39, 0.29) is 11.7 Å². The van der Waals surface area contributed by atoms with Crippen molar-refractivity contribution in [1.29, 1.82) is 0 Å². The van der Waals surface area contributed by atoms with Crippen molar-refractivity contribution in [3.63, 3.8) is 0 Å². The van der Waals surface area contributed by atoms with Crippen molar-refractivity contribution in [3.8, 4) is 22.4 Å². The Morgan fingerprint density at radius 3 is 1.97 bits per heavy atom. The first-order valence-corrected chi connectivity index (χ1v) is 10.5. The molecule has 0 radical (unpaired) electrons. The minimum absolute atomic E-state index is 0.170. The van der Waals surface area contributed by atoms with E-state index in [0.29, 0.717) is 0 Å². The highest BCUT2D eigenvalue weighted by Gasteiger charge is 2.29. The van der Waals surface area contributed by atoms with Crippen LogP contribution in [0.1, 0.15) is 37.3 Å². The zero-order chi connectivity index (χ0) is 22.0. The molecule has 0 amide bonds. The molecule has 31 heavy (non-hydrogen) atoms. The number of anilines is 1. The van der Waals surface area contributed by atoms with Gasteiger partial charge in [-0.1, -0.05) is 62.4 Å². The second-order valence-corrected chi connectivity index (χ2v) is 8.02. The molecular formula is C27H27FN2O. The fraction of sp³-hybridized carbons (Fsp3) is 0.185. The first-order valence-electron chi connectivity index (χ1n) is 10.5. The van der Waals surface area contributed by atoms with Gasteiger partial charge in [-0.2, -0.15) is 0 Å². The molecular weight excluding hydrogens is 387 g/mol. The highest BCUT2D eigenvalue weighted by molar-refractivity contribution is 5.86. The van der Waals surface area contributed by atoms with E-state index in [1.165, 1.54) is 12.1 Å². The second-order valence-electron chi connectivity index (χ2n) is 8.02. The summed E-state index contributed by atoms with van der Waals surface area (Å²) in [5, 5.41) is 14.6. The SMILES string of the molecule is CC(C)c1c(C(O)Nc2ccccc2)c(-c2ccccc2)c(-c2ccc(F)cc2)n1C. The Labute approximate surface area is 182 Å². The second kappa shape index (κ2) is 8.78. The number of para-hydroxylation sites is 1. The van der Waals surface area contributed by atoms with Crippen molar-refractivity contribution in [2.75, 3.05) is 5.32 Å². The molecule has 0 bridgehead atoms. The number of rotatable bonds is 6. The summed E-state index contributed by atoms with van der Waals surface area (Å²) >= 11 is 0. The number of hydrogen-bond donors (Lipinski definition) is 2. The molecule has 3 aromatic carbocycles. The maximum atomic E-state index is 13.7. The summed E-state index contributed by atoms with van der Waals surface area (Å²) in [6.07, 6.45) is -0.907. The highest BCUT2D eigenvalue weighted by Crippen LogP contribution is 2.44. The summed E-state index contributed by atoms with van der Waals surface area (Å²) in [5.41, 5.74) is 6.54. The molecule has 4 rings (SSSR count). The van der Waals surface area contributed by atoms with Gasteiger partial charge in [0.2, 0.25) is 0 Å². The maximum Gasteiger partial charge on any atom is 0.153 e. The summed E-state index contributed by atoms with van der Waals surface area (Å²) < 4.78 is 15.8. The fourth-order valence-corrected chi connectivity index (χ4v) is 4.31. The Morgan fingerprint density at radius 2 is 1.39 bits per heavy atom. The molecule has 0 aliphatic rings. The molecule has 3 nitrogen and oxygen atoms in total. The molecule has 1 aromatic heterocycles. The highest BCUT2D eigenvalue weighted by atomic mass is 19.1. The molecule has 0 saturated carbocycles. The molecule has 158 valence electrons. The number of aromatic nitrogens is 1. The summed E-state index contributed by atoms with van der Waals surface area (Å²) in [6, 6.07) is 26.3. The zero-order valence-corrected chi connectivity index (χ0v) is 18.0. The number of benzene rings is 3. The van der Waals surface area contributed by atoms with Crippen LogP contribution in [-0.2, 0) is 7.05 Å². The molecule has 4 heteroatoms. The Kier molecular flexibility index (Phi) is 5.92. The van der Waals surface area contributed by atoms with E-state index in [9.17, 15) is 9.50 Å². The van der Waals surface area contributed by atoms with E-state index in [2.05, 4.69) is 23.7 Å². The Bertz CT molecular complexity index is 1150. The summed E-state index contributed by atoms with van der Waals surface area (Å²) in [4.78, 5) is 0. The van der Waals surface area contributed by atoms with Crippen LogP contribution in [0.25, 0.3) is 22.4 Å². The minimum Gasteiger partial charge on any atom is -0.369 e. The third-order valence-electron chi connectivity index (χ3n) is 5.56. The summed E-state index contributed by atoms with van der Waals surface area (Å²) in [6.45, 7) is 4.24. The van der Waals surface area contributed by atoms with E-state index in [0.717, 1.165) is 39.3 Å². The molecule has 0 fully saturated rings. The predicted molar refractivity (Wildman–Crippen MR) is 125 cm³/mol. The molecule has 0 aliphatic heterocycles. The first kappa shape index (κ1) is 20.9. The number of nitrogens with one attached hydrogen (secondary N) is 1. The van der Waals surface area contributed by atoms with Crippen molar-refractivity contribution >= 4 is 5.69 Å². The molecule has 1 unspecified atom stereocenters. The minimum atomic E-state index is -0.907. The standard InChI is InChI=1S/C27H27FN2O/c1-18(2)25-24(27(31)29-22-12-8-5-9-13-22)23(19-10-6-4-7-11-19)26(30(25)3)20-14-16-21(28)17-15-20/h4-18,27,29,31H,1-3H3. The van der Waals surface area contributed by atoms with Crippen LogP contribution in [0.15, 0.2) is 84.9 Å². The van der Waals surface area contributed by atoms with Crippen LogP contribution in [0.3, 0.4) is 0 Å². The van der Waals surface area contributed by atoms with Gasteiger partial charge in [-0.15, -0.1) is 0 Å². The third-order valence-corrected chi connectivity index (χ3v) is 5.56. The van der Waals surface area contributed by atoms with Crippen LogP contribution in [0, 0.1) is 5.82 Å². The largest absolute Gasteiger partial charge is 0.369 e. The van der Waals surface area contributed by atoms with Crippen LogP contribution >= 0.6 is 0 Å². The van der Waals surface area contributed by atoms with Gasteiger partial charge in [0.25, 0.3) is 0 Å². The number of aliphatic hydroxyl groups excluding tert-OH is 1. The molecule has 2 N–H and O–H groups in total. The van der Waals surface area contributed by atoms with Crippen LogP contribution in [0.5, 0.6) is 0 Å². The van der Waals surface area contributed by atoms with Gasteiger partial charge in [-0.25, -0.2) is 4.39 Å². The maximum absolute atomic E-state index is 13.7. The summed E-state index contributed by atoms with van der Waals surface area (Å²) in [7, 11) is 2.01. The lowest BCUT2D eigenvalue weighted by molar-refractivity contribution is 0.207. The van der Waals surface area contributed by atoms with Crippen LogP contribution < -0.4 is 5.32 Å². The molecule has 1 heterocycles. The van der Waals surface area contributed by atoms with E-state index in [1.54, 1.807) is 12.1 Å². The third kappa shape index (κ3) is 4.12. The van der Waals surface area contributed by atoms with E-state index >= 15 is 0 Å². The number of hydrogen-bond acceptors (Lipinski definition) is 2. The molecule has 1 atom stereocenters. The summed E-state index contributed by atoms with van der Waals surface area (Å²) in [5.74, 6) is -0.0989. The van der Waals surface area contributed by atoms with Crippen molar-refractivity contribution in [2.24, 2.45) is 7.05 Å². The van der Waals surface area contributed by atoms with Gasteiger partial charge in [0.05, 0.1) is 5.69 Å². The lowest BCUT2D eigenvalue weighted by Gasteiger charge is -2.19. The number of aliphatic hydroxyl groups is 1. The van der Waals surface area contributed by atoms with Gasteiger partial charge in [0, 0.05) is 29.6 Å². The lowest BCUT2D eigenvalue weighted by Crippen LogP contribution is -2.13. The first-order chi connectivity index (χ1) is 15.0. The average Bonchev–Trinajstić information content (AvgIpc) is 3.09. The molecule has 0 saturated heterocycles. The quantitative estimate of drug-likeness (QED) is 0.344. The zero-order valence-electron chi connectivity index (χ0n) is 18.0. The predicted octanol–water partition coefficient (Wildman–Crippen LogP) is 6.72. The van der Waals surface area contributed by atoms with Gasteiger partial charge in [0.1, 0.15) is 5.82 Å². The fourth-order valence-electron chi connectivity index (χ4n) is 4.31. The average molecular weight is 415 g/mol. The van der Waals surface area contributed by atoms with Crippen LogP contribution in [0.4, 0.5) is 10.1 Å².